The number of methoxy groups -OCH3 is 2. The number of rotatable bonds is 3. The van der Waals surface area contributed by atoms with Gasteiger partial charge >= 0.3 is 7.12 Å². The second-order valence-electron chi connectivity index (χ2n) is 2.60. The fourth-order valence-electron chi connectivity index (χ4n) is 1.11. The van der Waals surface area contributed by atoms with Gasteiger partial charge < -0.3 is 19.5 Å². The summed E-state index contributed by atoms with van der Waals surface area (Å²) in [5, 5.41) is 18.3. The maximum Gasteiger partial charge on any atom is 0.493 e. The van der Waals surface area contributed by atoms with Crippen LogP contribution in [0.5, 0.6) is 11.5 Å². The van der Waals surface area contributed by atoms with E-state index in [1.54, 1.807) is 0 Å². The van der Waals surface area contributed by atoms with Crippen LogP contribution < -0.4 is 14.9 Å². The third kappa shape index (κ3) is 2.12. The van der Waals surface area contributed by atoms with Crippen molar-refractivity contribution in [1.29, 1.82) is 0 Å². The fraction of sp³-hybridized carbons (Fsp3) is 0.250. The van der Waals surface area contributed by atoms with Crippen LogP contribution in [0.4, 0.5) is 0 Å². The molecule has 0 heterocycles. The predicted molar refractivity (Wildman–Crippen MR) is 54.4 cm³/mol. The van der Waals surface area contributed by atoms with Crippen molar-refractivity contribution in [3.63, 3.8) is 0 Å². The molecule has 2 N–H and O–H groups in total. The van der Waals surface area contributed by atoms with Gasteiger partial charge in [0.25, 0.3) is 0 Å². The van der Waals surface area contributed by atoms with Crippen molar-refractivity contribution >= 4 is 24.2 Å². The second kappa shape index (κ2) is 4.55. The number of benzene rings is 1. The van der Waals surface area contributed by atoms with Crippen molar-refractivity contribution in [3.8, 4) is 11.5 Å². The van der Waals surface area contributed by atoms with Gasteiger partial charge in [-0.25, -0.2) is 0 Å². The lowest BCUT2D eigenvalue weighted by Crippen LogP contribution is -2.32. The average Bonchev–Trinajstić information content (AvgIpc) is 2.15. The molecule has 0 aliphatic rings. The highest BCUT2D eigenvalue weighted by Crippen LogP contribution is 2.23. The van der Waals surface area contributed by atoms with Gasteiger partial charge in [-0.1, -0.05) is 11.6 Å². The van der Waals surface area contributed by atoms with Gasteiger partial charge in [0.2, 0.25) is 0 Å². The molecule has 0 radical (unpaired) electrons. The summed E-state index contributed by atoms with van der Waals surface area (Å²) in [4.78, 5) is 0. The Morgan fingerprint density at radius 3 is 2.29 bits per heavy atom. The summed E-state index contributed by atoms with van der Waals surface area (Å²) in [7, 11) is 1.24. The molecular weight excluding hydrogens is 206 g/mol. The molecule has 76 valence electrons. The molecule has 0 amide bonds. The van der Waals surface area contributed by atoms with E-state index in [0.717, 1.165) is 0 Å². The van der Waals surface area contributed by atoms with Crippen LogP contribution in [0.3, 0.4) is 0 Å². The van der Waals surface area contributed by atoms with E-state index < -0.39 is 7.12 Å². The minimum Gasteiger partial charge on any atom is -0.497 e. The van der Waals surface area contributed by atoms with Gasteiger partial charge in [-0.3, -0.25) is 0 Å². The van der Waals surface area contributed by atoms with Crippen molar-refractivity contribution in [2.45, 2.75) is 0 Å². The molecule has 0 unspecified atom stereocenters. The zero-order valence-corrected chi connectivity index (χ0v) is 8.58. The Balaban J connectivity index is 3.27. The van der Waals surface area contributed by atoms with Crippen LogP contribution >= 0.6 is 11.6 Å². The lowest BCUT2D eigenvalue weighted by atomic mass is 9.79. The van der Waals surface area contributed by atoms with Crippen LogP contribution in [-0.4, -0.2) is 31.4 Å². The van der Waals surface area contributed by atoms with Crippen LogP contribution in [-0.2, 0) is 0 Å². The van der Waals surface area contributed by atoms with Gasteiger partial charge in [0, 0.05) is 16.6 Å². The number of ether oxygens (including phenoxy) is 2. The summed E-state index contributed by atoms with van der Waals surface area (Å²) in [5.74, 6) is 0.778. The summed E-state index contributed by atoms with van der Waals surface area (Å²) in [6.07, 6.45) is 0. The fourth-order valence-corrected chi connectivity index (χ4v) is 1.40. The standard InChI is InChI=1S/C8H10BClO4/c1-13-5-3-6(10)8(9(11)12)7(4-5)14-2/h3-4,11-12H,1-2H3. The molecule has 14 heavy (non-hydrogen) atoms. The zero-order chi connectivity index (χ0) is 10.7. The van der Waals surface area contributed by atoms with Crippen LogP contribution in [0.1, 0.15) is 0 Å². The van der Waals surface area contributed by atoms with Gasteiger partial charge in [-0.05, 0) is 6.07 Å². The highest BCUT2D eigenvalue weighted by Gasteiger charge is 2.21. The number of hydrogen-bond donors (Lipinski definition) is 2. The molecule has 0 aliphatic carbocycles. The topological polar surface area (TPSA) is 58.9 Å². The molecule has 1 rings (SSSR count). The molecule has 6 heteroatoms. The molecule has 1 aromatic rings. The Morgan fingerprint density at radius 1 is 1.21 bits per heavy atom. The molecule has 0 fully saturated rings. The molecular formula is C8H10BClO4. The minimum atomic E-state index is -1.66. The first kappa shape index (κ1) is 11.2. The quantitative estimate of drug-likeness (QED) is 0.700. The number of halogens is 1. The van der Waals surface area contributed by atoms with Gasteiger partial charge in [-0.15, -0.1) is 0 Å². The third-order valence-corrected chi connectivity index (χ3v) is 2.09. The zero-order valence-electron chi connectivity index (χ0n) is 7.82. The summed E-state index contributed by atoms with van der Waals surface area (Å²) in [6.45, 7) is 0. The van der Waals surface area contributed by atoms with Crippen LogP contribution in [0.15, 0.2) is 12.1 Å². The van der Waals surface area contributed by atoms with Crippen molar-refractivity contribution in [1.82, 2.24) is 0 Å². The Kier molecular flexibility index (Phi) is 3.63. The second-order valence-corrected chi connectivity index (χ2v) is 3.01. The van der Waals surface area contributed by atoms with Crippen molar-refractivity contribution in [2.75, 3.05) is 14.2 Å². The molecule has 0 saturated carbocycles. The van der Waals surface area contributed by atoms with E-state index in [9.17, 15) is 0 Å². The van der Waals surface area contributed by atoms with E-state index in [1.807, 2.05) is 0 Å². The van der Waals surface area contributed by atoms with E-state index >= 15 is 0 Å². The molecule has 4 nitrogen and oxygen atoms in total. The number of hydrogen-bond acceptors (Lipinski definition) is 4. The normalized spacial score (nSPS) is 9.79. The molecule has 1 aromatic carbocycles. The van der Waals surface area contributed by atoms with Crippen LogP contribution in [0, 0.1) is 0 Å². The summed E-state index contributed by atoms with van der Waals surface area (Å²) < 4.78 is 9.89. The minimum absolute atomic E-state index is 0.134. The van der Waals surface area contributed by atoms with E-state index in [-0.39, 0.29) is 16.2 Å². The highest BCUT2D eigenvalue weighted by molar-refractivity contribution is 6.63. The molecule has 0 spiro atoms. The Bertz CT molecular complexity index is 329. The lowest BCUT2D eigenvalue weighted by Gasteiger charge is -2.11. The molecule has 0 atom stereocenters. The Labute approximate surface area is 87.2 Å². The summed E-state index contributed by atoms with van der Waals surface area (Å²) >= 11 is 5.81. The van der Waals surface area contributed by atoms with Gasteiger partial charge in [0.05, 0.1) is 14.2 Å². The van der Waals surface area contributed by atoms with Crippen molar-refractivity contribution in [2.24, 2.45) is 0 Å². The predicted octanol–water partition coefficient (Wildman–Crippen LogP) is 0.0370. The Morgan fingerprint density at radius 2 is 1.86 bits per heavy atom. The van der Waals surface area contributed by atoms with Crippen LogP contribution in [0.2, 0.25) is 5.02 Å². The smallest absolute Gasteiger partial charge is 0.493 e. The SMILES string of the molecule is COc1cc(Cl)c(B(O)O)c(OC)c1. The average molecular weight is 216 g/mol. The molecule has 0 aromatic heterocycles. The lowest BCUT2D eigenvalue weighted by molar-refractivity contribution is 0.390. The maximum absolute atomic E-state index is 9.03. The van der Waals surface area contributed by atoms with Crippen LogP contribution in [0.25, 0.3) is 0 Å². The van der Waals surface area contributed by atoms with E-state index in [1.165, 1.54) is 26.4 Å². The summed E-state index contributed by atoms with van der Waals surface area (Å²) in [6, 6.07) is 3.01. The summed E-state index contributed by atoms with van der Waals surface area (Å²) in [5.41, 5.74) is 0.134. The molecule has 0 saturated heterocycles. The van der Waals surface area contributed by atoms with Gasteiger partial charge in [0.15, 0.2) is 0 Å². The first-order valence-corrected chi connectivity index (χ1v) is 4.25. The van der Waals surface area contributed by atoms with Crippen molar-refractivity contribution in [3.05, 3.63) is 17.2 Å². The first-order chi connectivity index (χ1) is 6.60. The highest BCUT2D eigenvalue weighted by atomic mass is 35.5. The van der Waals surface area contributed by atoms with E-state index in [2.05, 4.69) is 0 Å². The van der Waals surface area contributed by atoms with Gasteiger partial charge in [-0.2, -0.15) is 0 Å². The molecule has 0 aliphatic heterocycles. The van der Waals surface area contributed by atoms with E-state index in [0.29, 0.717) is 5.75 Å². The molecule has 0 bridgehead atoms. The Hall–Kier alpha value is -0.905. The maximum atomic E-state index is 9.03. The third-order valence-electron chi connectivity index (χ3n) is 1.78. The monoisotopic (exact) mass is 216 g/mol. The first-order valence-electron chi connectivity index (χ1n) is 3.87. The van der Waals surface area contributed by atoms with Gasteiger partial charge in [0.1, 0.15) is 11.5 Å². The van der Waals surface area contributed by atoms with Crippen molar-refractivity contribution < 1.29 is 19.5 Å². The van der Waals surface area contributed by atoms with E-state index in [4.69, 9.17) is 31.1 Å². The largest absolute Gasteiger partial charge is 0.497 e.